The van der Waals surface area contributed by atoms with Gasteiger partial charge in [0.15, 0.2) is 6.61 Å². The molecule has 0 saturated carbocycles. The van der Waals surface area contributed by atoms with E-state index in [0.717, 1.165) is 21.2 Å². The summed E-state index contributed by atoms with van der Waals surface area (Å²) in [4.78, 5) is 28.1. The number of hydrogen-bond donors (Lipinski definition) is 1. The number of nitrogens with one attached hydrogen (secondary N) is 1. The van der Waals surface area contributed by atoms with Crippen LogP contribution >= 0.6 is 15.9 Å². The van der Waals surface area contributed by atoms with E-state index >= 15 is 0 Å². The fourth-order valence-corrected chi connectivity index (χ4v) is 3.76. The Morgan fingerprint density at radius 1 is 0.939 bits per heavy atom. The number of hydrogen-bond acceptors (Lipinski definition) is 3. The van der Waals surface area contributed by atoms with Crippen molar-refractivity contribution in [3.8, 4) is 5.75 Å². The third-order valence-electron chi connectivity index (χ3n) is 5.27. The fourth-order valence-electron chi connectivity index (χ4n) is 3.49. The largest absolute Gasteiger partial charge is 0.484 e. The summed E-state index contributed by atoms with van der Waals surface area (Å²) in [6.45, 7) is 4.51. The number of ether oxygens (including phenoxy) is 1. The van der Waals surface area contributed by atoms with E-state index in [4.69, 9.17) is 4.74 Å². The third kappa shape index (κ3) is 7.46. The summed E-state index contributed by atoms with van der Waals surface area (Å²) in [6.07, 6.45) is 0.416. The first kappa shape index (κ1) is 24.5. The topological polar surface area (TPSA) is 58.6 Å². The van der Waals surface area contributed by atoms with Crippen molar-refractivity contribution in [3.63, 3.8) is 0 Å². The molecule has 0 aliphatic rings. The molecule has 1 N–H and O–H groups in total. The number of halogens is 1. The molecule has 1 atom stereocenters. The van der Waals surface area contributed by atoms with Crippen molar-refractivity contribution in [2.45, 2.75) is 32.9 Å². The molecule has 0 fully saturated rings. The standard InChI is InChI=1S/C27H29BrN2O3/c1-3-29-27(32)25(17-21-7-5-4-6-8-21)30(18-22-11-13-23(28)14-12-22)26(31)19-33-24-15-9-20(2)10-16-24/h4-16,25H,3,17-19H2,1-2H3,(H,29,32)/t25-/m1/s1. The monoisotopic (exact) mass is 508 g/mol. The first-order valence-corrected chi connectivity index (χ1v) is 11.8. The lowest BCUT2D eigenvalue weighted by molar-refractivity contribution is -0.142. The average molecular weight is 509 g/mol. The number of carbonyl (C=O) groups is 2. The molecule has 0 saturated heterocycles. The smallest absolute Gasteiger partial charge is 0.261 e. The van der Waals surface area contributed by atoms with Gasteiger partial charge in [0.05, 0.1) is 0 Å². The van der Waals surface area contributed by atoms with Crippen LogP contribution in [0.2, 0.25) is 0 Å². The summed E-state index contributed by atoms with van der Waals surface area (Å²) in [5.74, 6) is 0.197. The highest BCUT2D eigenvalue weighted by molar-refractivity contribution is 9.10. The van der Waals surface area contributed by atoms with Gasteiger partial charge in [-0.05, 0) is 49.2 Å². The molecular weight excluding hydrogens is 480 g/mol. The van der Waals surface area contributed by atoms with Crippen molar-refractivity contribution in [1.29, 1.82) is 0 Å². The van der Waals surface area contributed by atoms with Gasteiger partial charge >= 0.3 is 0 Å². The molecule has 0 aliphatic carbocycles. The van der Waals surface area contributed by atoms with E-state index in [0.29, 0.717) is 25.3 Å². The molecule has 0 aromatic heterocycles. The Labute approximate surface area is 203 Å². The van der Waals surface area contributed by atoms with Gasteiger partial charge in [0.2, 0.25) is 5.91 Å². The molecule has 0 radical (unpaired) electrons. The second-order valence-electron chi connectivity index (χ2n) is 7.85. The number of likely N-dealkylation sites (N-methyl/N-ethyl adjacent to an activating group) is 1. The highest BCUT2D eigenvalue weighted by Gasteiger charge is 2.30. The van der Waals surface area contributed by atoms with Crippen LogP contribution in [0.4, 0.5) is 0 Å². The van der Waals surface area contributed by atoms with E-state index in [1.807, 2.05) is 92.7 Å². The van der Waals surface area contributed by atoms with E-state index < -0.39 is 6.04 Å². The normalized spacial score (nSPS) is 11.5. The number of carbonyl (C=O) groups excluding carboxylic acids is 2. The van der Waals surface area contributed by atoms with E-state index in [2.05, 4.69) is 21.2 Å². The van der Waals surface area contributed by atoms with Crippen molar-refractivity contribution in [1.82, 2.24) is 10.2 Å². The Morgan fingerprint density at radius 3 is 2.24 bits per heavy atom. The molecule has 5 nitrogen and oxygen atoms in total. The van der Waals surface area contributed by atoms with Crippen molar-refractivity contribution in [2.75, 3.05) is 13.2 Å². The molecule has 33 heavy (non-hydrogen) atoms. The van der Waals surface area contributed by atoms with Gasteiger partial charge in [0.1, 0.15) is 11.8 Å². The van der Waals surface area contributed by atoms with Crippen molar-refractivity contribution >= 4 is 27.7 Å². The van der Waals surface area contributed by atoms with Crippen LogP contribution in [0.3, 0.4) is 0 Å². The number of nitrogens with zero attached hydrogens (tertiary/aromatic N) is 1. The third-order valence-corrected chi connectivity index (χ3v) is 5.80. The molecule has 0 aliphatic heterocycles. The van der Waals surface area contributed by atoms with Crippen LogP contribution in [-0.2, 0) is 22.6 Å². The van der Waals surface area contributed by atoms with Crippen molar-refractivity contribution in [2.24, 2.45) is 0 Å². The maximum absolute atomic E-state index is 13.4. The summed E-state index contributed by atoms with van der Waals surface area (Å²) >= 11 is 3.45. The zero-order chi connectivity index (χ0) is 23.6. The van der Waals surface area contributed by atoms with Crippen LogP contribution < -0.4 is 10.1 Å². The Hall–Kier alpha value is -3.12. The highest BCUT2D eigenvalue weighted by Crippen LogP contribution is 2.18. The second kappa shape index (κ2) is 12.2. The van der Waals surface area contributed by atoms with Crippen LogP contribution in [0.5, 0.6) is 5.75 Å². The number of benzene rings is 3. The molecule has 0 bridgehead atoms. The Kier molecular flexibility index (Phi) is 9.07. The predicted molar refractivity (Wildman–Crippen MR) is 134 cm³/mol. The number of rotatable bonds is 10. The van der Waals surface area contributed by atoms with Gasteiger partial charge in [-0.15, -0.1) is 0 Å². The van der Waals surface area contributed by atoms with E-state index in [-0.39, 0.29) is 18.4 Å². The van der Waals surface area contributed by atoms with Crippen LogP contribution in [-0.4, -0.2) is 35.9 Å². The molecular formula is C27H29BrN2O3. The second-order valence-corrected chi connectivity index (χ2v) is 8.77. The average Bonchev–Trinajstić information content (AvgIpc) is 2.82. The molecule has 0 unspecified atom stereocenters. The summed E-state index contributed by atoms with van der Waals surface area (Å²) in [7, 11) is 0. The van der Waals surface area contributed by atoms with Crippen LogP contribution in [0.25, 0.3) is 0 Å². The first-order chi connectivity index (χ1) is 16.0. The lowest BCUT2D eigenvalue weighted by Gasteiger charge is -2.31. The maximum Gasteiger partial charge on any atom is 0.261 e. The summed E-state index contributed by atoms with van der Waals surface area (Å²) in [5, 5.41) is 2.89. The maximum atomic E-state index is 13.4. The lowest BCUT2D eigenvalue weighted by Crippen LogP contribution is -2.51. The molecule has 0 spiro atoms. The van der Waals surface area contributed by atoms with Crippen molar-refractivity contribution in [3.05, 3.63) is 100 Å². The minimum absolute atomic E-state index is 0.149. The number of amides is 2. The van der Waals surface area contributed by atoms with Crippen LogP contribution in [0, 0.1) is 6.92 Å². The van der Waals surface area contributed by atoms with E-state index in [9.17, 15) is 9.59 Å². The molecule has 0 heterocycles. The van der Waals surface area contributed by atoms with Crippen LogP contribution in [0.1, 0.15) is 23.6 Å². The predicted octanol–water partition coefficient (Wildman–Crippen LogP) is 4.91. The van der Waals surface area contributed by atoms with Crippen LogP contribution in [0.15, 0.2) is 83.3 Å². The minimum atomic E-state index is -0.662. The molecule has 172 valence electrons. The molecule has 2 amide bonds. The summed E-state index contributed by atoms with van der Waals surface area (Å²) in [5.41, 5.74) is 3.04. The molecule has 3 rings (SSSR count). The fraction of sp³-hybridized carbons (Fsp3) is 0.259. The Bertz CT molecular complexity index is 1040. The number of aryl methyl sites for hydroxylation is 1. The highest BCUT2D eigenvalue weighted by atomic mass is 79.9. The molecule has 6 heteroatoms. The lowest BCUT2D eigenvalue weighted by atomic mass is 10.0. The van der Waals surface area contributed by atoms with Gasteiger partial charge in [-0.1, -0.05) is 76.1 Å². The van der Waals surface area contributed by atoms with Gasteiger partial charge in [-0.2, -0.15) is 0 Å². The van der Waals surface area contributed by atoms with Gasteiger partial charge < -0.3 is 15.0 Å². The van der Waals surface area contributed by atoms with Crippen molar-refractivity contribution < 1.29 is 14.3 Å². The Morgan fingerprint density at radius 2 is 1.61 bits per heavy atom. The SMILES string of the molecule is CCNC(=O)[C@@H](Cc1ccccc1)N(Cc1ccc(Br)cc1)C(=O)COc1ccc(C)cc1. The summed E-state index contributed by atoms with van der Waals surface area (Å²) in [6, 6.07) is 24.4. The zero-order valence-corrected chi connectivity index (χ0v) is 20.5. The Balaban J connectivity index is 1.87. The van der Waals surface area contributed by atoms with Gasteiger partial charge in [0.25, 0.3) is 5.91 Å². The molecule has 3 aromatic carbocycles. The zero-order valence-electron chi connectivity index (χ0n) is 19.0. The minimum Gasteiger partial charge on any atom is -0.484 e. The van der Waals surface area contributed by atoms with E-state index in [1.54, 1.807) is 4.90 Å². The first-order valence-electron chi connectivity index (χ1n) is 11.0. The van der Waals surface area contributed by atoms with Gasteiger partial charge in [0, 0.05) is 24.0 Å². The van der Waals surface area contributed by atoms with Gasteiger partial charge in [-0.25, -0.2) is 0 Å². The van der Waals surface area contributed by atoms with Gasteiger partial charge in [-0.3, -0.25) is 9.59 Å². The quantitative estimate of drug-likeness (QED) is 0.423. The van der Waals surface area contributed by atoms with E-state index in [1.165, 1.54) is 0 Å². The summed E-state index contributed by atoms with van der Waals surface area (Å²) < 4.78 is 6.73. The molecule has 3 aromatic rings.